The molecule has 4 aliphatic heterocycles. The van der Waals surface area contributed by atoms with Gasteiger partial charge < -0.3 is 20.9 Å². The smallest absolute Gasteiger partial charge is 0.255 e. The van der Waals surface area contributed by atoms with E-state index in [9.17, 15) is 9.59 Å². The summed E-state index contributed by atoms with van der Waals surface area (Å²) >= 11 is 0. The molecule has 0 saturated carbocycles. The molecule has 6 heteroatoms. The second-order valence-corrected chi connectivity index (χ2v) is 11.5. The Labute approximate surface area is 245 Å². The van der Waals surface area contributed by atoms with E-state index in [-0.39, 0.29) is 29.8 Å². The summed E-state index contributed by atoms with van der Waals surface area (Å²) in [6.45, 7) is 3.57. The number of benzene rings is 4. The van der Waals surface area contributed by atoms with Crippen molar-refractivity contribution in [2.45, 2.75) is 43.3 Å². The Bertz CT molecular complexity index is 1760. The van der Waals surface area contributed by atoms with Crippen LogP contribution >= 0.6 is 0 Å². The van der Waals surface area contributed by atoms with Crippen molar-refractivity contribution in [3.63, 3.8) is 0 Å². The van der Waals surface area contributed by atoms with E-state index in [0.29, 0.717) is 12.0 Å². The Hall–Kier alpha value is -4.84. The molecule has 4 unspecified atom stereocenters. The van der Waals surface area contributed by atoms with Gasteiger partial charge in [-0.2, -0.15) is 0 Å². The number of carbonyl (C=O) groups excluding carboxylic acids is 2. The average molecular weight is 551 g/mol. The third-order valence-corrected chi connectivity index (χ3v) is 9.03. The van der Waals surface area contributed by atoms with Gasteiger partial charge in [0.1, 0.15) is 12.6 Å². The third-order valence-electron chi connectivity index (χ3n) is 9.03. The van der Waals surface area contributed by atoms with Crippen molar-refractivity contribution < 1.29 is 9.59 Å². The fourth-order valence-corrected chi connectivity index (χ4v) is 6.94. The lowest BCUT2D eigenvalue weighted by Crippen LogP contribution is -2.53. The van der Waals surface area contributed by atoms with Crippen LogP contribution in [-0.2, 0) is 17.6 Å². The molecule has 2 radical (unpaired) electrons. The highest BCUT2D eigenvalue weighted by Crippen LogP contribution is 2.44. The minimum atomic E-state index is -0.675. The zero-order chi connectivity index (χ0) is 28.2. The summed E-state index contributed by atoms with van der Waals surface area (Å²) in [7, 11) is 0. The van der Waals surface area contributed by atoms with Crippen LogP contribution in [0, 0.1) is 6.54 Å². The Balaban J connectivity index is 1.22. The molecule has 3 N–H and O–H groups in total. The van der Waals surface area contributed by atoms with E-state index in [4.69, 9.17) is 0 Å². The van der Waals surface area contributed by atoms with Gasteiger partial charge in [-0.05, 0) is 64.9 Å². The van der Waals surface area contributed by atoms with Gasteiger partial charge >= 0.3 is 0 Å². The van der Waals surface area contributed by atoms with Crippen molar-refractivity contribution in [1.29, 1.82) is 0 Å². The van der Waals surface area contributed by atoms with Gasteiger partial charge in [0.15, 0.2) is 0 Å². The van der Waals surface area contributed by atoms with Gasteiger partial charge in [-0.1, -0.05) is 78.9 Å². The monoisotopic (exact) mass is 550 g/mol. The van der Waals surface area contributed by atoms with Gasteiger partial charge in [0.25, 0.3) is 5.91 Å². The number of anilines is 3. The molecular formula is C36H30N4O2. The molecule has 4 aromatic rings. The fourth-order valence-electron chi connectivity index (χ4n) is 6.94. The van der Waals surface area contributed by atoms with Gasteiger partial charge in [0, 0.05) is 35.0 Å². The van der Waals surface area contributed by atoms with Crippen LogP contribution in [0.25, 0.3) is 6.08 Å². The summed E-state index contributed by atoms with van der Waals surface area (Å²) in [6, 6.07) is 29.7. The molecule has 206 valence electrons. The SMILES string of the molecule is O=C1Nc2ccccc2CC1N1[C]C(C2C=Cc3ccccc3N2)c2c(cccc2C2CCc3ccccc3N2)C1=O. The zero-order valence-corrected chi connectivity index (χ0v) is 23.0. The molecule has 0 bridgehead atoms. The molecule has 0 aliphatic carbocycles. The number of nitrogens with zero attached hydrogens (tertiary/aromatic N) is 1. The Morgan fingerprint density at radius 3 is 2.40 bits per heavy atom. The molecule has 0 spiro atoms. The van der Waals surface area contributed by atoms with E-state index >= 15 is 0 Å². The maximum atomic E-state index is 14.3. The second-order valence-electron chi connectivity index (χ2n) is 11.5. The largest absolute Gasteiger partial charge is 0.378 e. The van der Waals surface area contributed by atoms with Crippen LogP contribution in [0.3, 0.4) is 0 Å². The van der Waals surface area contributed by atoms with Crippen molar-refractivity contribution >= 4 is 35.0 Å². The molecule has 2 amide bonds. The molecule has 42 heavy (non-hydrogen) atoms. The molecule has 4 heterocycles. The Morgan fingerprint density at radius 1 is 0.762 bits per heavy atom. The van der Waals surface area contributed by atoms with E-state index in [1.807, 2.05) is 48.5 Å². The van der Waals surface area contributed by atoms with Gasteiger partial charge in [0.2, 0.25) is 5.91 Å². The van der Waals surface area contributed by atoms with Crippen LogP contribution in [0.2, 0.25) is 0 Å². The van der Waals surface area contributed by atoms with E-state index in [0.717, 1.165) is 52.2 Å². The molecule has 8 rings (SSSR count). The lowest BCUT2D eigenvalue weighted by atomic mass is 9.76. The normalized spacial score (nSPS) is 23.9. The summed E-state index contributed by atoms with van der Waals surface area (Å²) in [5.41, 5.74) is 9.17. The quantitative estimate of drug-likeness (QED) is 0.275. The summed E-state index contributed by atoms with van der Waals surface area (Å²) < 4.78 is 0. The summed E-state index contributed by atoms with van der Waals surface area (Å²) in [6.07, 6.45) is 6.64. The number of rotatable bonds is 3. The first-order chi connectivity index (χ1) is 20.6. The van der Waals surface area contributed by atoms with Crippen LogP contribution in [0.5, 0.6) is 0 Å². The third kappa shape index (κ3) is 4.09. The highest BCUT2D eigenvalue weighted by atomic mass is 16.2. The lowest BCUT2D eigenvalue weighted by molar-refractivity contribution is -0.120. The highest BCUT2D eigenvalue weighted by molar-refractivity contribution is 6.05. The maximum Gasteiger partial charge on any atom is 0.255 e. The van der Waals surface area contributed by atoms with Crippen LogP contribution in [-0.4, -0.2) is 28.8 Å². The number of hydrogen-bond acceptors (Lipinski definition) is 4. The predicted molar refractivity (Wildman–Crippen MR) is 165 cm³/mol. The summed E-state index contributed by atoms with van der Waals surface area (Å²) in [5.74, 6) is -0.655. The zero-order valence-electron chi connectivity index (χ0n) is 23.0. The van der Waals surface area contributed by atoms with Crippen LogP contribution in [0.1, 0.15) is 56.6 Å². The first-order valence-corrected chi connectivity index (χ1v) is 14.6. The summed E-state index contributed by atoms with van der Waals surface area (Å²) in [5, 5.41) is 10.5. The Morgan fingerprint density at radius 2 is 1.52 bits per heavy atom. The molecule has 0 fully saturated rings. The number of aryl methyl sites for hydroxylation is 1. The van der Waals surface area contributed by atoms with Crippen LogP contribution < -0.4 is 16.0 Å². The topological polar surface area (TPSA) is 73.5 Å². The minimum Gasteiger partial charge on any atom is -0.378 e. The Kier molecular flexibility index (Phi) is 5.88. The van der Waals surface area contributed by atoms with Crippen LogP contribution in [0.15, 0.2) is 97.1 Å². The van der Waals surface area contributed by atoms with Gasteiger partial charge in [-0.3, -0.25) is 9.59 Å². The number of carbonyl (C=O) groups is 2. The first-order valence-electron chi connectivity index (χ1n) is 14.6. The van der Waals surface area contributed by atoms with E-state index in [1.54, 1.807) is 4.90 Å². The van der Waals surface area contributed by atoms with Gasteiger partial charge in [-0.25, -0.2) is 0 Å². The highest BCUT2D eigenvalue weighted by Gasteiger charge is 2.44. The van der Waals surface area contributed by atoms with E-state index in [1.165, 1.54) is 5.56 Å². The average Bonchev–Trinajstić information content (AvgIpc) is 3.04. The predicted octanol–water partition coefficient (Wildman–Crippen LogP) is 6.44. The molecule has 6 nitrogen and oxygen atoms in total. The van der Waals surface area contributed by atoms with E-state index < -0.39 is 6.04 Å². The van der Waals surface area contributed by atoms with Crippen LogP contribution in [0.4, 0.5) is 17.1 Å². The fraction of sp³-hybridized carbons (Fsp3) is 0.194. The van der Waals surface area contributed by atoms with Gasteiger partial charge in [0.05, 0.1) is 12.1 Å². The number of amides is 2. The number of nitrogens with one attached hydrogen (secondary N) is 3. The standard InChI is InChI=1S/C36H30N4O2/c41-35-33(20-24-10-3-6-15-30(24)39-35)40-21-27(32-19-17-23-9-2-5-14-29(23)38-32)34-25(11-7-12-26(34)36(40)42)31-18-16-22-8-1-4-13-28(22)37-31/h1-15,17,19,27,31-33,37-38H,16,18,20H2,(H,39,41). The minimum absolute atomic E-state index is 0.0585. The molecule has 4 atom stereocenters. The molecule has 4 aliphatic rings. The number of hydrogen-bond donors (Lipinski definition) is 3. The van der Waals surface area contributed by atoms with Crippen molar-refractivity contribution in [1.82, 2.24) is 4.90 Å². The second kappa shape index (κ2) is 9.91. The lowest BCUT2D eigenvalue weighted by Gasteiger charge is -2.43. The van der Waals surface area contributed by atoms with E-state index in [2.05, 4.69) is 77.1 Å². The first kappa shape index (κ1) is 24.9. The van der Waals surface area contributed by atoms with Crippen molar-refractivity contribution in [2.75, 3.05) is 16.0 Å². The molecule has 0 saturated heterocycles. The van der Waals surface area contributed by atoms with Crippen molar-refractivity contribution in [3.8, 4) is 0 Å². The van der Waals surface area contributed by atoms with Gasteiger partial charge in [-0.15, -0.1) is 0 Å². The molecule has 0 aromatic heterocycles. The van der Waals surface area contributed by atoms with Crippen molar-refractivity contribution in [2.24, 2.45) is 0 Å². The maximum absolute atomic E-state index is 14.3. The summed E-state index contributed by atoms with van der Waals surface area (Å²) in [4.78, 5) is 29.2. The molecular weight excluding hydrogens is 520 g/mol. The van der Waals surface area contributed by atoms with Crippen molar-refractivity contribution in [3.05, 3.63) is 137 Å². The molecule has 4 aromatic carbocycles. The number of para-hydroxylation sites is 3. The number of fused-ring (bicyclic) bond motifs is 4.